The zero-order chi connectivity index (χ0) is 8.15. The maximum absolute atomic E-state index is 9.85. The first-order valence-electron chi connectivity index (χ1n) is 2.79. The van der Waals surface area contributed by atoms with Crippen molar-refractivity contribution in [3.8, 4) is 0 Å². The van der Waals surface area contributed by atoms with E-state index < -0.39 is 12.3 Å². The van der Waals surface area contributed by atoms with Crippen molar-refractivity contribution in [2.75, 3.05) is 0 Å². The molecule has 0 saturated carbocycles. The molecule has 1 atom stereocenters. The maximum Gasteiger partial charge on any atom is 0.510 e. The number of hydrogen-bond acceptors (Lipinski definition) is 3. The number of allylic oxidation sites excluding steroid dienone is 1. The van der Waals surface area contributed by atoms with Crippen LogP contribution in [-0.4, -0.2) is 22.5 Å². The number of aliphatic hydroxyl groups excluding tert-OH is 1. The molecule has 0 spiro atoms. The summed E-state index contributed by atoms with van der Waals surface area (Å²) in [5, 5.41) is 16.7. The zero-order valence-electron chi connectivity index (χ0n) is 5.87. The van der Waals surface area contributed by atoms with Crippen molar-refractivity contribution in [1.82, 2.24) is 0 Å². The van der Waals surface area contributed by atoms with Gasteiger partial charge in [-0.3, -0.25) is 0 Å². The van der Waals surface area contributed by atoms with E-state index in [1.165, 1.54) is 19.9 Å². The minimum Gasteiger partial charge on any atom is -0.449 e. The molecule has 0 fully saturated rings. The molecule has 0 saturated heterocycles. The molecule has 0 bridgehead atoms. The number of aliphatic hydroxyl groups is 1. The largest absolute Gasteiger partial charge is 0.510 e. The topological polar surface area (TPSA) is 66.8 Å². The molecule has 0 radical (unpaired) electrons. The van der Waals surface area contributed by atoms with Crippen LogP contribution in [0.4, 0.5) is 4.79 Å². The van der Waals surface area contributed by atoms with E-state index in [9.17, 15) is 4.79 Å². The first-order chi connectivity index (χ1) is 4.52. The summed E-state index contributed by atoms with van der Waals surface area (Å²) in [6, 6.07) is 0. The van der Waals surface area contributed by atoms with Crippen molar-refractivity contribution in [3.05, 3.63) is 11.8 Å². The van der Waals surface area contributed by atoms with Crippen LogP contribution in [0.2, 0.25) is 0 Å². The quantitative estimate of drug-likeness (QED) is 0.450. The van der Waals surface area contributed by atoms with Crippen LogP contribution in [-0.2, 0) is 4.74 Å². The zero-order valence-corrected chi connectivity index (χ0v) is 5.87. The van der Waals surface area contributed by atoms with Crippen molar-refractivity contribution in [3.63, 3.8) is 0 Å². The molecule has 0 heterocycles. The monoisotopic (exact) mass is 146 g/mol. The summed E-state index contributed by atoms with van der Waals surface area (Å²) in [6.07, 6.45) is -0.748. The molecule has 0 amide bonds. The standard InChI is InChI=1S/C6H10O4/c1-4(7)3-5(2)10-6(8)9/h3-4,7H,1-2H3,(H,8,9)/b5-3+. The van der Waals surface area contributed by atoms with Gasteiger partial charge in [-0.2, -0.15) is 0 Å². The van der Waals surface area contributed by atoms with Crippen molar-refractivity contribution in [2.24, 2.45) is 0 Å². The SMILES string of the molecule is C/C(=C\C(C)O)OC(=O)O. The van der Waals surface area contributed by atoms with Crippen molar-refractivity contribution >= 4 is 6.16 Å². The normalized spacial score (nSPS) is 14.5. The number of carboxylic acid groups (broad SMARTS) is 1. The van der Waals surface area contributed by atoms with Crippen molar-refractivity contribution in [1.29, 1.82) is 0 Å². The van der Waals surface area contributed by atoms with Crippen LogP contribution in [0.25, 0.3) is 0 Å². The predicted octanol–water partition coefficient (Wildman–Crippen LogP) is 0.966. The van der Waals surface area contributed by atoms with Crippen LogP contribution in [0.5, 0.6) is 0 Å². The molecule has 0 aromatic rings. The summed E-state index contributed by atoms with van der Waals surface area (Å²) in [5.74, 6) is 0.183. The van der Waals surface area contributed by atoms with Gasteiger partial charge in [0.15, 0.2) is 0 Å². The molecule has 0 aliphatic rings. The second-order valence-corrected chi connectivity index (χ2v) is 1.89. The van der Waals surface area contributed by atoms with Crippen LogP contribution in [0, 0.1) is 0 Å². The molecule has 4 nitrogen and oxygen atoms in total. The molecular formula is C6H10O4. The average molecular weight is 146 g/mol. The first kappa shape index (κ1) is 8.97. The molecule has 1 unspecified atom stereocenters. The lowest BCUT2D eigenvalue weighted by Gasteiger charge is -1.99. The third-order valence-electron chi connectivity index (χ3n) is 0.724. The van der Waals surface area contributed by atoms with Crippen molar-refractivity contribution in [2.45, 2.75) is 20.0 Å². The highest BCUT2D eigenvalue weighted by molar-refractivity contribution is 5.58. The number of ether oxygens (including phenoxy) is 1. The maximum atomic E-state index is 9.85. The summed E-state index contributed by atoms with van der Waals surface area (Å²) in [5.41, 5.74) is 0. The van der Waals surface area contributed by atoms with Gasteiger partial charge in [0.05, 0.1) is 6.10 Å². The van der Waals surface area contributed by atoms with Gasteiger partial charge >= 0.3 is 6.16 Å². The average Bonchev–Trinajstić information content (AvgIpc) is 1.58. The third-order valence-corrected chi connectivity index (χ3v) is 0.724. The van der Waals surface area contributed by atoms with Gasteiger partial charge in [-0.1, -0.05) is 0 Å². The Bertz CT molecular complexity index is 148. The van der Waals surface area contributed by atoms with Gasteiger partial charge in [0.2, 0.25) is 0 Å². The van der Waals surface area contributed by atoms with Crippen molar-refractivity contribution < 1.29 is 19.7 Å². The van der Waals surface area contributed by atoms with Gasteiger partial charge in [-0.05, 0) is 19.9 Å². The van der Waals surface area contributed by atoms with Gasteiger partial charge in [0.25, 0.3) is 0 Å². The van der Waals surface area contributed by atoms with Gasteiger partial charge in [0, 0.05) is 0 Å². The molecule has 4 heteroatoms. The van der Waals surface area contributed by atoms with Gasteiger partial charge in [-0.25, -0.2) is 4.79 Å². The highest BCUT2D eigenvalue weighted by Crippen LogP contribution is 1.97. The molecule has 10 heavy (non-hydrogen) atoms. The molecule has 0 rings (SSSR count). The molecule has 0 aliphatic carbocycles. The van der Waals surface area contributed by atoms with Crippen LogP contribution < -0.4 is 0 Å². The highest BCUT2D eigenvalue weighted by atomic mass is 16.7. The Morgan fingerprint density at radius 3 is 2.50 bits per heavy atom. The lowest BCUT2D eigenvalue weighted by Crippen LogP contribution is -2.01. The molecular weight excluding hydrogens is 136 g/mol. The van der Waals surface area contributed by atoms with Crippen LogP contribution in [0.3, 0.4) is 0 Å². The Morgan fingerprint density at radius 2 is 2.20 bits per heavy atom. The first-order valence-corrected chi connectivity index (χ1v) is 2.79. The summed E-state index contributed by atoms with van der Waals surface area (Å²) >= 11 is 0. The van der Waals surface area contributed by atoms with Gasteiger partial charge < -0.3 is 14.9 Å². The van der Waals surface area contributed by atoms with E-state index in [1.54, 1.807) is 0 Å². The van der Waals surface area contributed by atoms with E-state index in [1.807, 2.05) is 0 Å². The smallest absolute Gasteiger partial charge is 0.449 e. The lowest BCUT2D eigenvalue weighted by molar-refractivity contribution is 0.117. The fourth-order valence-electron chi connectivity index (χ4n) is 0.511. The van der Waals surface area contributed by atoms with Crippen LogP contribution in [0.15, 0.2) is 11.8 Å². The lowest BCUT2D eigenvalue weighted by atomic mass is 10.3. The second kappa shape index (κ2) is 3.90. The fraction of sp³-hybridized carbons (Fsp3) is 0.500. The van der Waals surface area contributed by atoms with E-state index in [4.69, 9.17) is 10.2 Å². The van der Waals surface area contributed by atoms with Crippen LogP contribution in [0.1, 0.15) is 13.8 Å². The number of rotatable bonds is 2. The summed E-state index contributed by atoms with van der Waals surface area (Å²) in [4.78, 5) is 9.85. The minimum atomic E-state index is -1.37. The predicted molar refractivity (Wildman–Crippen MR) is 34.5 cm³/mol. The van der Waals surface area contributed by atoms with E-state index in [2.05, 4.69) is 4.74 Å². The molecule has 0 aromatic carbocycles. The van der Waals surface area contributed by atoms with Gasteiger partial charge in [-0.15, -0.1) is 0 Å². The molecule has 0 aromatic heterocycles. The van der Waals surface area contributed by atoms with E-state index in [0.29, 0.717) is 0 Å². The molecule has 0 aliphatic heterocycles. The van der Waals surface area contributed by atoms with E-state index in [0.717, 1.165) is 0 Å². The Labute approximate surface area is 58.7 Å². The number of carbonyl (C=O) groups is 1. The second-order valence-electron chi connectivity index (χ2n) is 1.89. The Hall–Kier alpha value is -1.03. The van der Waals surface area contributed by atoms with E-state index >= 15 is 0 Å². The molecule has 58 valence electrons. The Kier molecular flexibility index (Phi) is 3.49. The summed E-state index contributed by atoms with van der Waals surface area (Å²) in [6.45, 7) is 2.97. The Morgan fingerprint density at radius 1 is 1.70 bits per heavy atom. The van der Waals surface area contributed by atoms with Crippen LogP contribution >= 0.6 is 0 Å². The van der Waals surface area contributed by atoms with Gasteiger partial charge in [0.1, 0.15) is 5.76 Å². The number of hydrogen-bond donors (Lipinski definition) is 2. The highest BCUT2D eigenvalue weighted by Gasteiger charge is 1.98. The third kappa shape index (κ3) is 5.11. The summed E-state index contributed by atoms with van der Waals surface area (Å²) in [7, 11) is 0. The Balaban J connectivity index is 3.82. The summed E-state index contributed by atoms with van der Waals surface area (Å²) < 4.78 is 4.18. The molecule has 2 N–H and O–H groups in total. The fourth-order valence-corrected chi connectivity index (χ4v) is 0.511. The minimum absolute atomic E-state index is 0.183. The van der Waals surface area contributed by atoms with E-state index in [-0.39, 0.29) is 5.76 Å².